The van der Waals surface area contributed by atoms with Crippen LogP contribution in [-0.4, -0.2) is 40.6 Å². The summed E-state index contributed by atoms with van der Waals surface area (Å²) >= 11 is 0. The number of carbonyl (C=O) groups is 1. The minimum absolute atomic E-state index is 0. The van der Waals surface area contributed by atoms with Crippen LogP contribution in [0.3, 0.4) is 0 Å². The minimum Gasteiger partial charge on any atom is -0.330 e. The summed E-state index contributed by atoms with van der Waals surface area (Å²) in [7, 11) is 0. The van der Waals surface area contributed by atoms with E-state index in [0.717, 1.165) is 19.6 Å². The first-order valence-corrected chi connectivity index (χ1v) is 7.82. The van der Waals surface area contributed by atoms with E-state index in [2.05, 4.69) is 46.7 Å². The Hall–Kier alpha value is -1.85. The number of H-pyrrole nitrogens is 1. The van der Waals surface area contributed by atoms with Crippen molar-refractivity contribution in [3.05, 3.63) is 53.3 Å². The molecule has 0 radical (unpaired) electrons. The average molecular weight is 333 g/mol. The van der Waals surface area contributed by atoms with Gasteiger partial charge in [-0.2, -0.15) is 5.10 Å². The van der Waals surface area contributed by atoms with Gasteiger partial charge in [0.2, 0.25) is 0 Å². The molecule has 0 unspecified atom stereocenters. The summed E-state index contributed by atoms with van der Waals surface area (Å²) in [5.74, 6) is 1.09. The predicted molar refractivity (Wildman–Crippen MR) is 90.6 cm³/mol. The van der Waals surface area contributed by atoms with Crippen LogP contribution in [0.1, 0.15) is 27.7 Å². The van der Waals surface area contributed by atoms with Crippen molar-refractivity contribution in [3.8, 4) is 0 Å². The highest BCUT2D eigenvalue weighted by Crippen LogP contribution is 2.43. The molecule has 2 saturated heterocycles. The van der Waals surface area contributed by atoms with Crippen LogP contribution >= 0.6 is 12.4 Å². The quantitative estimate of drug-likeness (QED) is 0.886. The first kappa shape index (κ1) is 16.0. The Bertz CT molecular complexity index is 688. The Morgan fingerprint density at radius 1 is 1.26 bits per heavy atom. The molecule has 5 nitrogen and oxygen atoms in total. The number of aryl methyl sites for hydroxylation is 1. The summed E-state index contributed by atoms with van der Waals surface area (Å²) in [6.45, 7) is 4.93. The lowest BCUT2D eigenvalue weighted by atomic mass is 9.87. The second kappa shape index (κ2) is 6.34. The van der Waals surface area contributed by atoms with Crippen LogP contribution < -0.4 is 5.32 Å². The van der Waals surface area contributed by atoms with Gasteiger partial charge in [0.25, 0.3) is 5.91 Å². The average Bonchev–Trinajstić information content (AvgIpc) is 3.24. The van der Waals surface area contributed by atoms with Crippen LogP contribution in [0, 0.1) is 18.8 Å². The maximum Gasteiger partial charge on any atom is 0.272 e. The molecule has 2 aliphatic heterocycles. The van der Waals surface area contributed by atoms with E-state index in [1.807, 2.05) is 4.90 Å². The summed E-state index contributed by atoms with van der Waals surface area (Å²) in [5, 5.41) is 10.2. The number of aromatic amines is 1. The molecule has 0 saturated carbocycles. The van der Waals surface area contributed by atoms with Gasteiger partial charge in [-0.05, 0) is 30.0 Å². The van der Waals surface area contributed by atoms with Crippen LogP contribution in [0.2, 0.25) is 0 Å². The fourth-order valence-corrected chi connectivity index (χ4v) is 3.98. The maximum absolute atomic E-state index is 12.9. The Morgan fingerprint density at radius 3 is 2.83 bits per heavy atom. The largest absolute Gasteiger partial charge is 0.330 e. The third-order valence-electron chi connectivity index (χ3n) is 5.06. The number of benzene rings is 1. The van der Waals surface area contributed by atoms with Crippen molar-refractivity contribution in [2.24, 2.45) is 11.8 Å². The molecule has 23 heavy (non-hydrogen) atoms. The molecule has 0 bridgehead atoms. The number of rotatable bonds is 2. The van der Waals surface area contributed by atoms with E-state index in [1.54, 1.807) is 12.3 Å². The van der Waals surface area contributed by atoms with Gasteiger partial charge in [-0.3, -0.25) is 9.89 Å². The lowest BCUT2D eigenvalue weighted by Gasteiger charge is -2.29. The SMILES string of the molecule is Cc1ccccc1[C@@H]1[C@H]2CNC[C@H]2CN1C(=O)c1ccn[nH]1.Cl. The van der Waals surface area contributed by atoms with Crippen molar-refractivity contribution >= 4 is 18.3 Å². The van der Waals surface area contributed by atoms with Crippen molar-refractivity contribution in [2.75, 3.05) is 19.6 Å². The highest BCUT2D eigenvalue weighted by Gasteiger charge is 2.47. The summed E-state index contributed by atoms with van der Waals surface area (Å²) in [5.41, 5.74) is 3.10. The van der Waals surface area contributed by atoms with E-state index >= 15 is 0 Å². The molecule has 1 amide bonds. The summed E-state index contributed by atoms with van der Waals surface area (Å²) in [4.78, 5) is 14.9. The standard InChI is InChI=1S/C17H20N4O.ClH/c1-11-4-2-3-5-13(11)16-14-9-18-8-12(14)10-21(16)17(22)15-6-7-19-20-15;/h2-7,12,14,16,18H,8-10H2,1H3,(H,19,20);1H/t12-,14-,16+;/m0./s1. The normalized spacial score (nSPS) is 26.0. The van der Waals surface area contributed by atoms with Gasteiger partial charge in [0.15, 0.2) is 0 Å². The summed E-state index contributed by atoms with van der Waals surface area (Å²) in [6, 6.07) is 10.3. The van der Waals surface area contributed by atoms with Gasteiger partial charge in [0.1, 0.15) is 5.69 Å². The van der Waals surface area contributed by atoms with Gasteiger partial charge in [0, 0.05) is 31.7 Å². The third kappa shape index (κ3) is 2.64. The number of hydrogen-bond donors (Lipinski definition) is 2. The highest BCUT2D eigenvalue weighted by molar-refractivity contribution is 5.92. The zero-order chi connectivity index (χ0) is 15.1. The van der Waals surface area contributed by atoms with Crippen LogP contribution in [0.4, 0.5) is 0 Å². The van der Waals surface area contributed by atoms with Crippen molar-refractivity contribution in [1.82, 2.24) is 20.4 Å². The number of likely N-dealkylation sites (tertiary alicyclic amines) is 1. The summed E-state index contributed by atoms with van der Waals surface area (Å²) in [6.07, 6.45) is 1.63. The summed E-state index contributed by atoms with van der Waals surface area (Å²) < 4.78 is 0. The Morgan fingerprint density at radius 2 is 2.09 bits per heavy atom. The minimum atomic E-state index is 0. The molecule has 1 aromatic carbocycles. The van der Waals surface area contributed by atoms with Gasteiger partial charge >= 0.3 is 0 Å². The zero-order valence-electron chi connectivity index (χ0n) is 13.0. The monoisotopic (exact) mass is 332 g/mol. The van der Waals surface area contributed by atoms with Crippen LogP contribution in [0.15, 0.2) is 36.5 Å². The number of amides is 1. The van der Waals surface area contributed by atoms with Crippen molar-refractivity contribution < 1.29 is 4.79 Å². The maximum atomic E-state index is 12.9. The Balaban J connectivity index is 0.00000156. The van der Waals surface area contributed by atoms with E-state index < -0.39 is 0 Å². The molecule has 2 fully saturated rings. The van der Waals surface area contributed by atoms with Crippen molar-refractivity contribution in [1.29, 1.82) is 0 Å². The van der Waals surface area contributed by atoms with E-state index in [-0.39, 0.29) is 24.4 Å². The molecule has 3 heterocycles. The molecule has 2 aliphatic rings. The number of aromatic nitrogens is 2. The number of nitrogens with zero attached hydrogens (tertiary/aromatic N) is 2. The molecule has 122 valence electrons. The van der Waals surface area contributed by atoms with E-state index in [4.69, 9.17) is 0 Å². The van der Waals surface area contributed by atoms with E-state index in [9.17, 15) is 4.79 Å². The Kier molecular flexibility index (Phi) is 4.41. The number of halogens is 1. The van der Waals surface area contributed by atoms with E-state index in [0.29, 0.717) is 17.5 Å². The number of nitrogens with one attached hydrogen (secondary N) is 2. The molecule has 0 aliphatic carbocycles. The first-order chi connectivity index (χ1) is 10.8. The molecule has 6 heteroatoms. The van der Waals surface area contributed by atoms with Crippen molar-refractivity contribution in [3.63, 3.8) is 0 Å². The van der Waals surface area contributed by atoms with Crippen LogP contribution in [0.5, 0.6) is 0 Å². The van der Waals surface area contributed by atoms with Gasteiger partial charge in [-0.1, -0.05) is 24.3 Å². The molecule has 1 aromatic heterocycles. The predicted octanol–water partition coefficient (Wildman–Crippen LogP) is 2.17. The first-order valence-electron chi connectivity index (χ1n) is 7.82. The van der Waals surface area contributed by atoms with Gasteiger partial charge in [-0.15, -0.1) is 12.4 Å². The molecule has 0 spiro atoms. The second-order valence-electron chi connectivity index (χ2n) is 6.31. The lowest BCUT2D eigenvalue weighted by Crippen LogP contribution is -2.35. The topological polar surface area (TPSA) is 61.0 Å². The van der Waals surface area contributed by atoms with Crippen LogP contribution in [-0.2, 0) is 0 Å². The second-order valence-corrected chi connectivity index (χ2v) is 6.31. The number of fused-ring (bicyclic) bond motifs is 1. The molecule has 2 aromatic rings. The van der Waals surface area contributed by atoms with Gasteiger partial charge in [0.05, 0.1) is 6.04 Å². The van der Waals surface area contributed by atoms with Crippen molar-refractivity contribution in [2.45, 2.75) is 13.0 Å². The number of carbonyl (C=O) groups excluding carboxylic acids is 1. The molecule has 3 atom stereocenters. The molecule has 4 rings (SSSR count). The van der Waals surface area contributed by atoms with Gasteiger partial charge in [-0.25, -0.2) is 0 Å². The molecular formula is C17H21ClN4O. The lowest BCUT2D eigenvalue weighted by molar-refractivity contribution is 0.0707. The third-order valence-corrected chi connectivity index (χ3v) is 5.06. The fourth-order valence-electron chi connectivity index (χ4n) is 3.98. The van der Waals surface area contributed by atoms with Crippen LogP contribution in [0.25, 0.3) is 0 Å². The number of hydrogen-bond acceptors (Lipinski definition) is 3. The fraction of sp³-hybridized carbons (Fsp3) is 0.412. The van der Waals surface area contributed by atoms with Gasteiger partial charge < -0.3 is 10.2 Å². The smallest absolute Gasteiger partial charge is 0.272 e. The van der Waals surface area contributed by atoms with E-state index in [1.165, 1.54) is 11.1 Å². The zero-order valence-corrected chi connectivity index (χ0v) is 13.8. The highest BCUT2D eigenvalue weighted by atomic mass is 35.5. The Labute approximate surface area is 141 Å². The molecule has 2 N–H and O–H groups in total. The molecular weight excluding hydrogens is 312 g/mol.